The molecule has 2 atom stereocenters. The van der Waals surface area contributed by atoms with Crippen molar-refractivity contribution in [3.8, 4) is 0 Å². The van der Waals surface area contributed by atoms with E-state index in [-0.39, 0.29) is 12.7 Å². The number of aliphatic hydroxyl groups is 2. The van der Waals surface area contributed by atoms with Crippen LogP contribution in [-0.2, 0) is 23.7 Å². The lowest BCUT2D eigenvalue weighted by atomic mass is 9.93. The molecule has 0 amide bonds. The Morgan fingerprint density at radius 1 is 0.704 bits per heavy atom. The van der Waals surface area contributed by atoms with Crippen LogP contribution < -0.4 is 0 Å². The highest BCUT2D eigenvalue weighted by atomic mass is 16.6. The maximum absolute atomic E-state index is 10.0. The Balaban J connectivity index is 3.26. The van der Waals surface area contributed by atoms with Gasteiger partial charge in [0.25, 0.3) is 0 Å². The zero-order valence-corrected chi connectivity index (χ0v) is 17.4. The third-order valence-corrected chi connectivity index (χ3v) is 4.18. The Labute approximate surface area is 165 Å². The molecule has 0 saturated heterocycles. The molecule has 2 N–H and O–H groups in total. The molecule has 0 saturated carbocycles. The summed E-state index contributed by atoms with van der Waals surface area (Å²) in [6.07, 6.45) is 5.17. The smallest absolute Gasteiger partial charge is 0.0776 e. The van der Waals surface area contributed by atoms with Gasteiger partial charge in [-0.1, -0.05) is 39.5 Å². The number of hydrogen-bond donors (Lipinski definition) is 2. The van der Waals surface area contributed by atoms with Crippen molar-refractivity contribution in [2.45, 2.75) is 52.1 Å². The van der Waals surface area contributed by atoms with E-state index >= 15 is 0 Å². The average molecular weight is 395 g/mol. The fourth-order valence-corrected chi connectivity index (χ4v) is 2.60. The van der Waals surface area contributed by atoms with E-state index in [1.807, 2.05) is 0 Å². The lowest BCUT2D eigenvalue weighted by Crippen LogP contribution is -2.21. The molecule has 7 nitrogen and oxygen atoms in total. The van der Waals surface area contributed by atoms with Gasteiger partial charge in [-0.3, -0.25) is 0 Å². The summed E-state index contributed by atoms with van der Waals surface area (Å²) in [6.45, 7) is 9.17. The largest absolute Gasteiger partial charge is 0.394 e. The summed E-state index contributed by atoms with van der Waals surface area (Å²) in [4.78, 5) is 0. The zero-order valence-electron chi connectivity index (χ0n) is 17.4. The van der Waals surface area contributed by atoms with Crippen LogP contribution in [0, 0.1) is 5.92 Å². The van der Waals surface area contributed by atoms with Crippen molar-refractivity contribution < 1.29 is 33.9 Å². The highest BCUT2D eigenvalue weighted by Crippen LogP contribution is 2.18. The number of rotatable bonds is 22. The first kappa shape index (κ1) is 26.7. The van der Waals surface area contributed by atoms with E-state index in [1.165, 1.54) is 19.3 Å². The van der Waals surface area contributed by atoms with Gasteiger partial charge in [-0.25, -0.2) is 0 Å². The van der Waals surface area contributed by atoms with Gasteiger partial charge in [0.05, 0.1) is 78.8 Å². The maximum Gasteiger partial charge on any atom is 0.0776 e. The first-order valence-electron chi connectivity index (χ1n) is 10.4. The van der Waals surface area contributed by atoms with Crippen molar-refractivity contribution in [2.75, 3.05) is 72.7 Å². The van der Waals surface area contributed by atoms with Crippen molar-refractivity contribution in [3.05, 3.63) is 0 Å². The van der Waals surface area contributed by atoms with Crippen LogP contribution >= 0.6 is 0 Å². The molecule has 0 fully saturated rings. The molecule has 0 rings (SSSR count). The zero-order chi connectivity index (χ0) is 20.0. The van der Waals surface area contributed by atoms with E-state index < -0.39 is 0 Å². The van der Waals surface area contributed by atoms with Gasteiger partial charge in [-0.05, 0) is 12.3 Å². The predicted molar refractivity (Wildman–Crippen MR) is 105 cm³/mol. The van der Waals surface area contributed by atoms with Crippen LogP contribution in [0.25, 0.3) is 0 Å². The van der Waals surface area contributed by atoms with E-state index in [9.17, 15) is 5.11 Å². The Bertz CT molecular complexity index is 279. The van der Waals surface area contributed by atoms with Crippen molar-refractivity contribution in [3.63, 3.8) is 0 Å². The van der Waals surface area contributed by atoms with E-state index in [2.05, 4.69) is 13.8 Å². The summed E-state index contributed by atoms with van der Waals surface area (Å²) < 4.78 is 26.7. The first-order chi connectivity index (χ1) is 13.2. The molecule has 0 spiro atoms. The predicted octanol–water partition coefficient (Wildman–Crippen LogP) is 2.03. The van der Waals surface area contributed by atoms with Crippen LogP contribution in [0.1, 0.15) is 46.0 Å². The Morgan fingerprint density at radius 2 is 1.19 bits per heavy atom. The molecule has 0 aliphatic rings. The Morgan fingerprint density at radius 3 is 1.63 bits per heavy atom. The van der Waals surface area contributed by atoms with Gasteiger partial charge in [-0.15, -0.1) is 0 Å². The molecular formula is C20H42O7. The van der Waals surface area contributed by atoms with E-state index in [4.69, 9.17) is 28.8 Å². The summed E-state index contributed by atoms with van der Waals surface area (Å²) in [7, 11) is 0. The van der Waals surface area contributed by atoms with Crippen LogP contribution in [-0.4, -0.2) is 89.0 Å². The topological polar surface area (TPSA) is 86.6 Å². The maximum atomic E-state index is 10.0. The minimum Gasteiger partial charge on any atom is -0.394 e. The van der Waals surface area contributed by atoms with Gasteiger partial charge in [0.15, 0.2) is 0 Å². The van der Waals surface area contributed by atoms with Crippen molar-refractivity contribution in [1.29, 1.82) is 0 Å². The fraction of sp³-hybridized carbons (Fsp3) is 1.00. The van der Waals surface area contributed by atoms with Gasteiger partial charge in [0.2, 0.25) is 0 Å². The number of unbranched alkanes of at least 4 members (excludes halogenated alkanes) is 1. The molecule has 0 bridgehead atoms. The highest BCUT2D eigenvalue weighted by molar-refractivity contribution is 4.64. The second-order valence-corrected chi connectivity index (χ2v) is 6.55. The average Bonchev–Trinajstić information content (AvgIpc) is 2.68. The molecule has 0 aromatic heterocycles. The lowest BCUT2D eigenvalue weighted by molar-refractivity contribution is -0.0248. The van der Waals surface area contributed by atoms with Gasteiger partial charge in [0.1, 0.15) is 0 Å². The van der Waals surface area contributed by atoms with Crippen LogP contribution in [0.15, 0.2) is 0 Å². The van der Waals surface area contributed by atoms with Gasteiger partial charge >= 0.3 is 0 Å². The summed E-state index contributed by atoms with van der Waals surface area (Å²) >= 11 is 0. The Hall–Kier alpha value is -0.280. The van der Waals surface area contributed by atoms with Gasteiger partial charge in [-0.2, -0.15) is 0 Å². The van der Waals surface area contributed by atoms with Crippen LogP contribution in [0.5, 0.6) is 0 Å². The number of hydrogen-bond acceptors (Lipinski definition) is 7. The van der Waals surface area contributed by atoms with Gasteiger partial charge < -0.3 is 33.9 Å². The molecule has 0 radical (unpaired) electrons. The van der Waals surface area contributed by atoms with Crippen LogP contribution in [0.3, 0.4) is 0 Å². The second-order valence-electron chi connectivity index (χ2n) is 6.55. The van der Waals surface area contributed by atoms with Crippen molar-refractivity contribution in [2.24, 2.45) is 5.92 Å². The summed E-state index contributed by atoms with van der Waals surface area (Å²) in [5, 5.41) is 18.6. The van der Waals surface area contributed by atoms with E-state index in [1.54, 1.807) is 0 Å². The van der Waals surface area contributed by atoms with Crippen LogP contribution in [0.4, 0.5) is 0 Å². The molecule has 27 heavy (non-hydrogen) atoms. The molecule has 0 aromatic carbocycles. The molecule has 0 aromatic rings. The monoisotopic (exact) mass is 394 g/mol. The summed E-state index contributed by atoms with van der Waals surface area (Å²) in [5.74, 6) is 0.592. The molecule has 164 valence electrons. The fourth-order valence-electron chi connectivity index (χ4n) is 2.60. The van der Waals surface area contributed by atoms with E-state index in [0.29, 0.717) is 72.0 Å². The summed E-state index contributed by atoms with van der Waals surface area (Å²) in [6, 6.07) is 0. The number of ether oxygens (including phenoxy) is 5. The summed E-state index contributed by atoms with van der Waals surface area (Å²) in [5.41, 5.74) is 0. The first-order valence-corrected chi connectivity index (χ1v) is 10.4. The molecule has 0 aliphatic heterocycles. The third kappa shape index (κ3) is 20.3. The number of aliphatic hydroxyl groups excluding tert-OH is 2. The van der Waals surface area contributed by atoms with Crippen molar-refractivity contribution in [1.82, 2.24) is 0 Å². The minimum absolute atomic E-state index is 0.0348. The molecule has 2 unspecified atom stereocenters. The third-order valence-electron chi connectivity index (χ3n) is 4.18. The van der Waals surface area contributed by atoms with Gasteiger partial charge in [0, 0.05) is 0 Å². The SMILES string of the molecule is CCCCC(CC)CC(O)COCCOCCOCCOCCOCCO. The van der Waals surface area contributed by atoms with Crippen molar-refractivity contribution >= 4 is 0 Å². The van der Waals surface area contributed by atoms with E-state index in [0.717, 1.165) is 12.8 Å². The molecule has 0 aliphatic carbocycles. The standard InChI is InChI=1S/C20H42O7/c1-3-5-6-19(4-2)17-20(22)18-27-16-15-26-14-13-25-12-11-24-10-9-23-8-7-21/h19-22H,3-18H2,1-2H3. The normalized spacial score (nSPS) is 13.8. The highest BCUT2D eigenvalue weighted by Gasteiger charge is 2.12. The Kier molecular flexibility index (Phi) is 21.8. The molecular weight excluding hydrogens is 352 g/mol. The minimum atomic E-state index is -0.385. The lowest BCUT2D eigenvalue weighted by Gasteiger charge is -2.18. The molecule has 0 heterocycles. The van der Waals surface area contributed by atoms with Crippen LogP contribution in [0.2, 0.25) is 0 Å². The molecule has 7 heteroatoms. The second kappa shape index (κ2) is 22.0. The quantitative estimate of drug-likeness (QED) is 0.272.